The van der Waals surface area contributed by atoms with E-state index in [2.05, 4.69) is 10.4 Å². The van der Waals surface area contributed by atoms with E-state index < -0.39 is 16.1 Å². The van der Waals surface area contributed by atoms with Crippen molar-refractivity contribution in [3.63, 3.8) is 0 Å². The number of benzene rings is 1. The van der Waals surface area contributed by atoms with Crippen LogP contribution in [0.15, 0.2) is 42.7 Å². The average Bonchev–Trinajstić information content (AvgIpc) is 3.18. The number of carbonyl (C=O) groups excluding carboxylic acids is 1. The molecule has 1 fully saturated rings. The van der Waals surface area contributed by atoms with Gasteiger partial charge in [-0.05, 0) is 37.1 Å². The molecule has 2 heterocycles. The largest absolute Gasteiger partial charge is 0.325 e. The lowest BCUT2D eigenvalue weighted by atomic mass is 10.2. The van der Waals surface area contributed by atoms with Gasteiger partial charge in [-0.15, -0.1) is 0 Å². The molecule has 0 radical (unpaired) electrons. The summed E-state index contributed by atoms with van der Waals surface area (Å²) in [5.41, 5.74) is 1.43. The summed E-state index contributed by atoms with van der Waals surface area (Å²) in [4.78, 5) is 12.4. The van der Waals surface area contributed by atoms with E-state index in [0.717, 1.165) is 11.9 Å². The van der Waals surface area contributed by atoms with Crippen molar-refractivity contribution in [3.8, 4) is 5.69 Å². The van der Waals surface area contributed by atoms with Crippen LogP contribution >= 0.6 is 0 Å². The second-order valence-corrected chi connectivity index (χ2v) is 7.46. The van der Waals surface area contributed by atoms with Crippen molar-refractivity contribution in [2.24, 2.45) is 0 Å². The third kappa shape index (κ3) is 3.43. The van der Waals surface area contributed by atoms with E-state index in [1.54, 1.807) is 23.0 Å². The van der Waals surface area contributed by atoms with E-state index in [0.29, 0.717) is 25.1 Å². The molecule has 122 valence electrons. The standard InChI is InChI=1S/C15H18N4O3S/c1-23(21,22)19-10-3-7-14(19)15(20)17-12-5-2-6-13(11-12)18-9-4-8-16-18/h2,4-6,8-9,11,14H,3,7,10H2,1H3,(H,17,20)/t14-/m1/s1. The van der Waals surface area contributed by atoms with Gasteiger partial charge >= 0.3 is 0 Å². The molecule has 1 aliphatic rings. The number of aromatic nitrogens is 2. The number of hydrogen-bond donors (Lipinski definition) is 1. The number of anilines is 1. The molecular formula is C15H18N4O3S. The van der Waals surface area contributed by atoms with Gasteiger partial charge in [-0.2, -0.15) is 9.40 Å². The topological polar surface area (TPSA) is 84.3 Å². The summed E-state index contributed by atoms with van der Waals surface area (Å²) in [5.74, 6) is -0.300. The van der Waals surface area contributed by atoms with Crippen molar-refractivity contribution in [3.05, 3.63) is 42.7 Å². The molecule has 1 N–H and O–H groups in total. The molecule has 2 aromatic rings. The van der Waals surface area contributed by atoms with Gasteiger partial charge in [-0.3, -0.25) is 4.79 Å². The zero-order chi connectivity index (χ0) is 16.4. The average molecular weight is 334 g/mol. The second-order valence-electron chi connectivity index (χ2n) is 5.52. The SMILES string of the molecule is CS(=O)(=O)N1CCC[C@@H]1C(=O)Nc1cccc(-n2cccn2)c1. The number of amides is 1. The Kier molecular flexibility index (Phi) is 4.18. The number of sulfonamides is 1. The van der Waals surface area contributed by atoms with Crippen molar-refractivity contribution in [2.75, 3.05) is 18.1 Å². The fourth-order valence-corrected chi connectivity index (χ4v) is 3.90. The first-order valence-electron chi connectivity index (χ1n) is 7.33. The molecule has 1 saturated heterocycles. The minimum atomic E-state index is -3.37. The Bertz CT molecular complexity index is 802. The van der Waals surface area contributed by atoms with Gasteiger partial charge in [0.15, 0.2) is 0 Å². The minimum absolute atomic E-state index is 0.300. The molecule has 1 aliphatic heterocycles. The van der Waals surface area contributed by atoms with Crippen LogP contribution < -0.4 is 5.32 Å². The van der Waals surface area contributed by atoms with E-state index >= 15 is 0 Å². The first kappa shape index (κ1) is 15.7. The van der Waals surface area contributed by atoms with Gasteiger partial charge in [0.25, 0.3) is 0 Å². The maximum Gasteiger partial charge on any atom is 0.242 e. The summed E-state index contributed by atoms with van der Waals surface area (Å²) >= 11 is 0. The fourth-order valence-electron chi connectivity index (χ4n) is 2.77. The highest BCUT2D eigenvalue weighted by Gasteiger charge is 2.36. The van der Waals surface area contributed by atoms with E-state index in [4.69, 9.17) is 0 Å². The maximum absolute atomic E-state index is 12.4. The van der Waals surface area contributed by atoms with Gasteiger partial charge in [0, 0.05) is 24.6 Å². The van der Waals surface area contributed by atoms with Gasteiger partial charge in [0.05, 0.1) is 11.9 Å². The van der Waals surface area contributed by atoms with Gasteiger partial charge in [0.1, 0.15) is 6.04 Å². The smallest absolute Gasteiger partial charge is 0.242 e. The van der Waals surface area contributed by atoms with Gasteiger partial charge in [-0.1, -0.05) is 6.07 Å². The monoisotopic (exact) mass is 334 g/mol. The molecule has 3 rings (SSSR count). The third-order valence-electron chi connectivity index (χ3n) is 3.81. The molecule has 0 bridgehead atoms. The Morgan fingerprint density at radius 2 is 2.17 bits per heavy atom. The molecule has 0 saturated carbocycles. The van der Waals surface area contributed by atoms with Gasteiger partial charge in [-0.25, -0.2) is 13.1 Å². The number of carbonyl (C=O) groups is 1. The summed E-state index contributed by atoms with van der Waals surface area (Å²) in [6.45, 7) is 0.393. The molecule has 1 atom stereocenters. The third-order valence-corrected chi connectivity index (χ3v) is 5.10. The van der Waals surface area contributed by atoms with Crippen LogP contribution in [0.5, 0.6) is 0 Å². The number of rotatable bonds is 4. The fraction of sp³-hybridized carbons (Fsp3) is 0.333. The molecule has 1 aromatic heterocycles. The zero-order valence-corrected chi connectivity index (χ0v) is 13.5. The number of nitrogens with zero attached hydrogens (tertiary/aromatic N) is 3. The van der Waals surface area contributed by atoms with E-state index in [1.807, 2.05) is 24.4 Å². The van der Waals surface area contributed by atoms with Crippen molar-refractivity contribution < 1.29 is 13.2 Å². The van der Waals surface area contributed by atoms with Gasteiger partial charge in [0.2, 0.25) is 15.9 Å². The lowest BCUT2D eigenvalue weighted by Gasteiger charge is -2.21. The maximum atomic E-state index is 12.4. The van der Waals surface area contributed by atoms with Crippen LogP contribution in [0.2, 0.25) is 0 Å². The summed E-state index contributed by atoms with van der Waals surface area (Å²) in [6.07, 6.45) is 5.85. The number of hydrogen-bond acceptors (Lipinski definition) is 4. The summed E-state index contributed by atoms with van der Waals surface area (Å²) in [6, 6.07) is 8.43. The Hall–Kier alpha value is -2.19. The van der Waals surface area contributed by atoms with E-state index in [9.17, 15) is 13.2 Å². The highest BCUT2D eigenvalue weighted by molar-refractivity contribution is 7.88. The quantitative estimate of drug-likeness (QED) is 0.911. The van der Waals surface area contributed by atoms with Gasteiger partial charge < -0.3 is 5.32 Å². The predicted molar refractivity (Wildman–Crippen MR) is 86.8 cm³/mol. The van der Waals surface area contributed by atoms with Crippen molar-refractivity contribution in [2.45, 2.75) is 18.9 Å². The van der Waals surface area contributed by atoms with Crippen LogP contribution in [0, 0.1) is 0 Å². The highest BCUT2D eigenvalue weighted by Crippen LogP contribution is 2.22. The molecule has 1 aromatic carbocycles. The van der Waals surface area contributed by atoms with Crippen LogP contribution in [0.25, 0.3) is 5.69 Å². The molecular weight excluding hydrogens is 316 g/mol. The number of nitrogens with one attached hydrogen (secondary N) is 1. The Balaban J connectivity index is 1.77. The van der Waals surface area contributed by atoms with Crippen LogP contribution in [0.3, 0.4) is 0 Å². The molecule has 1 amide bonds. The van der Waals surface area contributed by atoms with E-state index in [1.165, 1.54) is 4.31 Å². The highest BCUT2D eigenvalue weighted by atomic mass is 32.2. The zero-order valence-electron chi connectivity index (χ0n) is 12.7. The summed E-state index contributed by atoms with van der Waals surface area (Å²) < 4.78 is 26.4. The first-order valence-corrected chi connectivity index (χ1v) is 9.18. The molecule has 7 nitrogen and oxygen atoms in total. The van der Waals surface area contributed by atoms with Crippen LogP contribution in [-0.4, -0.2) is 47.3 Å². The van der Waals surface area contributed by atoms with E-state index in [-0.39, 0.29) is 5.91 Å². The lowest BCUT2D eigenvalue weighted by molar-refractivity contribution is -0.119. The molecule has 0 spiro atoms. The van der Waals surface area contributed by atoms with Crippen molar-refractivity contribution in [1.82, 2.24) is 14.1 Å². The van der Waals surface area contributed by atoms with Crippen LogP contribution in [-0.2, 0) is 14.8 Å². The Labute approximate surface area is 135 Å². The predicted octanol–water partition coefficient (Wildman–Crippen LogP) is 1.23. The first-order chi connectivity index (χ1) is 10.9. The van der Waals surface area contributed by atoms with Crippen LogP contribution in [0.4, 0.5) is 5.69 Å². The Morgan fingerprint density at radius 3 is 2.87 bits per heavy atom. The molecule has 0 unspecified atom stereocenters. The molecule has 8 heteroatoms. The van der Waals surface area contributed by atoms with Crippen LogP contribution in [0.1, 0.15) is 12.8 Å². The second kappa shape index (κ2) is 6.13. The Morgan fingerprint density at radius 1 is 1.35 bits per heavy atom. The normalized spacial score (nSPS) is 18.9. The molecule has 0 aliphatic carbocycles. The lowest BCUT2D eigenvalue weighted by Crippen LogP contribution is -2.42. The summed E-state index contributed by atoms with van der Waals surface area (Å²) in [5, 5.41) is 6.95. The van der Waals surface area contributed by atoms with Crippen molar-refractivity contribution >= 4 is 21.6 Å². The van der Waals surface area contributed by atoms with Crippen molar-refractivity contribution in [1.29, 1.82) is 0 Å². The minimum Gasteiger partial charge on any atom is -0.325 e. The molecule has 23 heavy (non-hydrogen) atoms. The summed E-state index contributed by atoms with van der Waals surface area (Å²) in [7, 11) is -3.37.